The Morgan fingerprint density at radius 2 is 1.95 bits per heavy atom. The lowest BCUT2D eigenvalue weighted by Crippen LogP contribution is -2.10. The van der Waals surface area contributed by atoms with Gasteiger partial charge in [0.15, 0.2) is 0 Å². The van der Waals surface area contributed by atoms with Crippen LogP contribution in [0.15, 0.2) is 36.7 Å². The van der Waals surface area contributed by atoms with Gasteiger partial charge in [-0.05, 0) is 24.8 Å². The molecular weight excluding hydrogens is 250 g/mol. The summed E-state index contributed by atoms with van der Waals surface area (Å²) >= 11 is 0. The molecule has 0 atom stereocenters. The molecule has 2 heterocycles. The van der Waals surface area contributed by atoms with Crippen LogP contribution in [0.3, 0.4) is 0 Å². The monoisotopic (exact) mass is 267 g/mol. The van der Waals surface area contributed by atoms with Crippen LogP contribution in [-0.4, -0.2) is 19.6 Å². The molecule has 2 aromatic heterocycles. The normalized spacial score (nSPS) is 11.1. The van der Waals surface area contributed by atoms with Crippen LogP contribution in [0.4, 0.5) is 5.82 Å². The van der Waals surface area contributed by atoms with Crippen LogP contribution < -0.4 is 5.73 Å². The van der Waals surface area contributed by atoms with Gasteiger partial charge in [-0.15, -0.1) is 0 Å². The summed E-state index contributed by atoms with van der Waals surface area (Å²) in [7, 11) is 0. The largest absolute Gasteiger partial charge is 0.383 e. The number of aryl methyl sites for hydroxylation is 2. The van der Waals surface area contributed by atoms with Gasteiger partial charge in [0, 0.05) is 5.56 Å². The first-order valence-corrected chi connectivity index (χ1v) is 6.80. The van der Waals surface area contributed by atoms with Crippen LogP contribution in [0.25, 0.3) is 5.78 Å². The first-order chi connectivity index (χ1) is 9.79. The highest BCUT2D eigenvalue weighted by Gasteiger charge is 2.13. The van der Waals surface area contributed by atoms with Gasteiger partial charge >= 0.3 is 0 Å². The number of nitrogens with zero attached hydrogens (tertiary/aromatic N) is 4. The van der Waals surface area contributed by atoms with Crippen molar-refractivity contribution in [3.63, 3.8) is 0 Å². The van der Waals surface area contributed by atoms with Crippen LogP contribution in [0, 0.1) is 0 Å². The molecular formula is C15H17N5. The topological polar surface area (TPSA) is 69.1 Å². The van der Waals surface area contributed by atoms with Crippen molar-refractivity contribution in [3.05, 3.63) is 53.5 Å². The van der Waals surface area contributed by atoms with E-state index in [9.17, 15) is 0 Å². The summed E-state index contributed by atoms with van der Waals surface area (Å²) in [6.45, 7) is 2.08. The summed E-state index contributed by atoms with van der Waals surface area (Å²) in [5, 5.41) is 4.13. The lowest BCUT2D eigenvalue weighted by atomic mass is 10.0. The van der Waals surface area contributed by atoms with E-state index in [0.717, 1.165) is 30.5 Å². The van der Waals surface area contributed by atoms with Crippen molar-refractivity contribution < 1.29 is 0 Å². The number of rotatable bonds is 4. The molecule has 1 aromatic carbocycles. The Labute approximate surface area is 117 Å². The van der Waals surface area contributed by atoms with Gasteiger partial charge in [-0.1, -0.05) is 37.3 Å². The van der Waals surface area contributed by atoms with Gasteiger partial charge in [-0.3, -0.25) is 0 Å². The number of fused-ring (bicyclic) bond motifs is 1. The first-order valence-electron chi connectivity index (χ1n) is 6.80. The van der Waals surface area contributed by atoms with Gasteiger partial charge < -0.3 is 5.73 Å². The molecule has 0 spiro atoms. The Morgan fingerprint density at radius 3 is 2.70 bits per heavy atom. The minimum atomic E-state index is 0.572. The molecule has 0 saturated heterocycles. The highest BCUT2D eigenvalue weighted by atomic mass is 15.3. The zero-order valence-corrected chi connectivity index (χ0v) is 11.5. The van der Waals surface area contributed by atoms with Crippen molar-refractivity contribution in [2.24, 2.45) is 0 Å². The zero-order valence-electron chi connectivity index (χ0n) is 11.5. The Kier molecular flexibility index (Phi) is 3.33. The maximum atomic E-state index is 6.22. The molecule has 2 N–H and O–H groups in total. The van der Waals surface area contributed by atoms with Gasteiger partial charge in [0.2, 0.25) is 0 Å². The lowest BCUT2D eigenvalue weighted by Gasteiger charge is -2.11. The fraction of sp³-hybridized carbons (Fsp3) is 0.267. The van der Waals surface area contributed by atoms with E-state index in [0.29, 0.717) is 11.6 Å². The lowest BCUT2D eigenvalue weighted by molar-refractivity contribution is 0.853. The fourth-order valence-electron chi connectivity index (χ4n) is 2.42. The average Bonchev–Trinajstić information content (AvgIpc) is 2.95. The van der Waals surface area contributed by atoms with Crippen LogP contribution >= 0.6 is 0 Å². The third kappa shape index (κ3) is 2.22. The van der Waals surface area contributed by atoms with E-state index in [1.165, 1.54) is 11.9 Å². The second-order valence-corrected chi connectivity index (χ2v) is 4.73. The van der Waals surface area contributed by atoms with Gasteiger partial charge in [-0.2, -0.15) is 14.6 Å². The molecule has 102 valence electrons. The Morgan fingerprint density at radius 1 is 1.15 bits per heavy atom. The number of aromatic nitrogens is 4. The zero-order chi connectivity index (χ0) is 13.9. The molecule has 0 aliphatic heterocycles. The fourth-order valence-corrected chi connectivity index (χ4v) is 2.42. The Hall–Kier alpha value is -2.43. The van der Waals surface area contributed by atoms with Crippen LogP contribution in [0.2, 0.25) is 0 Å². The van der Waals surface area contributed by atoms with Crippen molar-refractivity contribution in [2.75, 3.05) is 5.73 Å². The van der Waals surface area contributed by atoms with E-state index in [4.69, 9.17) is 5.73 Å². The maximum Gasteiger partial charge on any atom is 0.254 e. The Balaban J connectivity index is 1.95. The second-order valence-electron chi connectivity index (χ2n) is 4.73. The first kappa shape index (κ1) is 12.6. The quantitative estimate of drug-likeness (QED) is 0.785. The van der Waals surface area contributed by atoms with Crippen LogP contribution in [-0.2, 0) is 19.3 Å². The molecule has 0 unspecified atom stereocenters. The van der Waals surface area contributed by atoms with E-state index < -0.39 is 0 Å². The summed E-state index contributed by atoms with van der Waals surface area (Å²) in [5.74, 6) is 1.23. The molecule has 0 radical (unpaired) electrons. The third-order valence-corrected chi connectivity index (χ3v) is 3.49. The van der Waals surface area contributed by atoms with Crippen molar-refractivity contribution in [2.45, 2.75) is 26.2 Å². The van der Waals surface area contributed by atoms with Crippen molar-refractivity contribution >= 4 is 11.6 Å². The number of benzene rings is 1. The maximum absolute atomic E-state index is 6.22. The standard InChI is InChI=1S/C15H17N5/c1-2-13-12(9-8-11-6-4-3-5-7-11)14(16)20-15(19-13)17-10-18-20/h3-7,10H,2,8-9,16H2,1H3. The highest BCUT2D eigenvalue weighted by Crippen LogP contribution is 2.19. The number of anilines is 1. The molecule has 0 fully saturated rings. The second kappa shape index (κ2) is 5.28. The molecule has 0 aliphatic carbocycles. The van der Waals surface area contributed by atoms with Crippen molar-refractivity contribution in [1.82, 2.24) is 19.6 Å². The minimum absolute atomic E-state index is 0.572. The molecule has 0 bridgehead atoms. The number of nitrogen functional groups attached to an aromatic ring is 1. The summed E-state index contributed by atoms with van der Waals surface area (Å²) in [6.07, 6.45) is 4.14. The van der Waals surface area contributed by atoms with Crippen LogP contribution in [0.5, 0.6) is 0 Å². The van der Waals surface area contributed by atoms with Gasteiger partial charge in [-0.25, -0.2) is 4.98 Å². The third-order valence-electron chi connectivity index (χ3n) is 3.49. The molecule has 3 rings (SSSR count). The smallest absolute Gasteiger partial charge is 0.254 e. The summed E-state index contributed by atoms with van der Waals surface area (Å²) < 4.78 is 1.61. The molecule has 5 heteroatoms. The van der Waals surface area contributed by atoms with Crippen molar-refractivity contribution in [1.29, 1.82) is 0 Å². The van der Waals surface area contributed by atoms with E-state index in [-0.39, 0.29) is 0 Å². The van der Waals surface area contributed by atoms with E-state index in [1.807, 2.05) is 6.07 Å². The molecule has 0 amide bonds. The van der Waals surface area contributed by atoms with E-state index >= 15 is 0 Å². The van der Waals surface area contributed by atoms with E-state index in [1.54, 1.807) is 4.52 Å². The Bertz CT molecular complexity index is 718. The summed E-state index contributed by atoms with van der Waals surface area (Å²) in [6, 6.07) is 10.4. The summed E-state index contributed by atoms with van der Waals surface area (Å²) in [4.78, 5) is 8.64. The highest BCUT2D eigenvalue weighted by molar-refractivity contribution is 5.49. The molecule has 0 aliphatic rings. The van der Waals surface area contributed by atoms with Gasteiger partial charge in [0.05, 0.1) is 5.69 Å². The summed E-state index contributed by atoms with van der Waals surface area (Å²) in [5.41, 5.74) is 9.61. The van der Waals surface area contributed by atoms with Crippen LogP contribution in [0.1, 0.15) is 23.7 Å². The number of hydrogen-bond acceptors (Lipinski definition) is 4. The predicted molar refractivity (Wildman–Crippen MR) is 78.4 cm³/mol. The molecule has 3 aromatic rings. The van der Waals surface area contributed by atoms with Crippen molar-refractivity contribution in [3.8, 4) is 0 Å². The predicted octanol–water partition coefficient (Wildman–Crippen LogP) is 2.05. The average molecular weight is 267 g/mol. The van der Waals surface area contributed by atoms with Gasteiger partial charge in [0.1, 0.15) is 12.1 Å². The number of hydrogen-bond donors (Lipinski definition) is 1. The number of nitrogens with two attached hydrogens (primary N) is 1. The molecule has 5 nitrogen and oxygen atoms in total. The minimum Gasteiger partial charge on any atom is -0.383 e. The molecule has 20 heavy (non-hydrogen) atoms. The van der Waals surface area contributed by atoms with E-state index in [2.05, 4.69) is 46.3 Å². The van der Waals surface area contributed by atoms with Gasteiger partial charge in [0.25, 0.3) is 5.78 Å². The SMILES string of the molecule is CCc1nc2ncnn2c(N)c1CCc1ccccc1. The molecule has 0 saturated carbocycles.